The first kappa shape index (κ1) is 17.0. The summed E-state index contributed by atoms with van der Waals surface area (Å²) in [7, 11) is 3.97. The van der Waals surface area contributed by atoms with E-state index in [-0.39, 0.29) is 5.91 Å². The number of amides is 1. The zero-order valence-corrected chi connectivity index (χ0v) is 14.8. The third kappa shape index (κ3) is 3.83. The van der Waals surface area contributed by atoms with Crippen LogP contribution in [0.1, 0.15) is 16.1 Å². The van der Waals surface area contributed by atoms with E-state index in [9.17, 15) is 4.79 Å². The van der Waals surface area contributed by atoms with Crippen molar-refractivity contribution in [2.45, 2.75) is 6.92 Å². The largest absolute Gasteiger partial charge is 0.308 e. The highest BCUT2D eigenvalue weighted by molar-refractivity contribution is 6.05. The Morgan fingerprint density at radius 1 is 1.00 bits per heavy atom. The summed E-state index contributed by atoms with van der Waals surface area (Å²) in [5, 5.41) is 1.04. The summed E-state index contributed by atoms with van der Waals surface area (Å²) in [5.74, 6) is 0.506. The number of rotatable bonds is 5. The standard InChI is InChI=1S/C20H22N4O/c1-15-7-6-8-16-10-11-17(22-19(15)16)20(25)24(14-13-23(2)3)18-9-4-5-12-21-18/h4-12H,13-14H2,1-3H3. The monoisotopic (exact) mass is 334 g/mol. The quantitative estimate of drug-likeness (QED) is 0.719. The van der Waals surface area contributed by atoms with Gasteiger partial charge in [-0.05, 0) is 44.8 Å². The van der Waals surface area contributed by atoms with Gasteiger partial charge in [0.25, 0.3) is 5.91 Å². The second kappa shape index (κ2) is 7.40. The zero-order valence-electron chi connectivity index (χ0n) is 14.8. The summed E-state index contributed by atoms with van der Waals surface area (Å²) in [6, 6.07) is 15.3. The van der Waals surface area contributed by atoms with E-state index < -0.39 is 0 Å². The molecule has 5 heteroatoms. The van der Waals surface area contributed by atoms with Crippen LogP contribution >= 0.6 is 0 Å². The van der Waals surface area contributed by atoms with E-state index in [1.165, 1.54) is 0 Å². The Balaban J connectivity index is 1.98. The number of carbonyl (C=O) groups excluding carboxylic acids is 1. The summed E-state index contributed by atoms with van der Waals surface area (Å²) in [6.07, 6.45) is 1.70. The van der Waals surface area contributed by atoms with Crippen LogP contribution in [0.5, 0.6) is 0 Å². The van der Waals surface area contributed by atoms with Crippen molar-refractivity contribution in [3.05, 3.63) is 66.0 Å². The minimum Gasteiger partial charge on any atom is -0.308 e. The van der Waals surface area contributed by atoms with Gasteiger partial charge in [-0.25, -0.2) is 9.97 Å². The molecule has 0 unspecified atom stereocenters. The maximum Gasteiger partial charge on any atom is 0.278 e. The van der Waals surface area contributed by atoms with E-state index in [2.05, 4.69) is 9.97 Å². The molecular weight excluding hydrogens is 312 g/mol. The molecule has 3 aromatic rings. The maximum atomic E-state index is 13.1. The number of fused-ring (bicyclic) bond motifs is 1. The number of benzene rings is 1. The fourth-order valence-electron chi connectivity index (χ4n) is 2.69. The number of likely N-dealkylation sites (N-methyl/N-ethyl adjacent to an activating group) is 1. The third-order valence-electron chi connectivity index (χ3n) is 4.08. The minimum atomic E-state index is -0.134. The van der Waals surface area contributed by atoms with Gasteiger partial charge in [0, 0.05) is 24.7 Å². The molecule has 3 rings (SSSR count). The summed E-state index contributed by atoms with van der Waals surface area (Å²) in [5.41, 5.74) is 2.36. The number of pyridine rings is 2. The van der Waals surface area contributed by atoms with Crippen molar-refractivity contribution in [3.8, 4) is 0 Å². The van der Waals surface area contributed by atoms with Crippen molar-refractivity contribution >= 4 is 22.6 Å². The molecule has 0 bridgehead atoms. The van der Waals surface area contributed by atoms with Crippen molar-refractivity contribution in [2.24, 2.45) is 0 Å². The highest BCUT2D eigenvalue weighted by atomic mass is 16.2. The number of anilines is 1. The fraction of sp³-hybridized carbons (Fsp3) is 0.250. The van der Waals surface area contributed by atoms with E-state index in [4.69, 9.17) is 0 Å². The molecule has 128 valence electrons. The van der Waals surface area contributed by atoms with Crippen molar-refractivity contribution < 1.29 is 4.79 Å². The Hall–Kier alpha value is -2.79. The lowest BCUT2D eigenvalue weighted by Gasteiger charge is -2.23. The van der Waals surface area contributed by atoms with E-state index in [1.807, 2.05) is 68.4 Å². The number of aryl methyl sites for hydroxylation is 1. The van der Waals surface area contributed by atoms with Crippen molar-refractivity contribution in [1.29, 1.82) is 0 Å². The maximum absolute atomic E-state index is 13.1. The van der Waals surface area contributed by atoms with Gasteiger partial charge in [0.15, 0.2) is 0 Å². The molecule has 0 saturated heterocycles. The van der Waals surface area contributed by atoms with Gasteiger partial charge in [0.2, 0.25) is 0 Å². The molecule has 0 aliphatic rings. The number of nitrogens with zero attached hydrogens (tertiary/aromatic N) is 4. The SMILES string of the molecule is Cc1cccc2ccc(C(=O)N(CCN(C)C)c3ccccn3)nc12. The molecule has 1 amide bonds. The molecule has 25 heavy (non-hydrogen) atoms. The molecule has 0 aliphatic carbocycles. The van der Waals surface area contributed by atoms with Crippen molar-refractivity contribution in [3.63, 3.8) is 0 Å². The predicted octanol–water partition coefficient (Wildman–Crippen LogP) is 3.15. The van der Waals surface area contributed by atoms with Crippen LogP contribution in [0.2, 0.25) is 0 Å². The first-order valence-corrected chi connectivity index (χ1v) is 8.30. The van der Waals surface area contributed by atoms with Crippen LogP contribution in [0.25, 0.3) is 10.9 Å². The van der Waals surface area contributed by atoms with Gasteiger partial charge < -0.3 is 4.90 Å². The van der Waals surface area contributed by atoms with Crippen LogP contribution in [-0.2, 0) is 0 Å². The molecular formula is C20H22N4O. The Bertz CT molecular complexity index is 877. The molecule has 2 heterocycles. The first-order valence-electron chi connectivity index (χ1n) is 8.30. The molecule has 0 aliphatic heterocycles. The molecule has 1 aromatic carbocycles. The fourth-order valence-corrected chi connectivity index (χ4v) is 2.69. The Morgan fingerprint density at radius 2 is 1.84 bits per heavy atom. The lowest BCUT2D eigenvalue weighted by Crippen LogP contribution is -2.37. The van der Waals surface area contributed by atoms with Gasteiger partial charge in [-0.3, -0.25) is 9.69 Å². The van der Waals surface area contributed by atoms with Crippen molar-refractivity contribution in [2.75, 3.05) is 32.1 Å². The number of carbonyl (C=O) groups is 1. The van der Waals surface area contributed by atoms with Crippen LogP contribution in [0.15, 0.2) is 54.7 Å². The van der Waals surface area contributed by atoms with E-state index in [0.29, 0.717) is 18.1 Å². The smallest absolute Gasteiger partial charge is 0.278 e. The molecule has 0 spiro atoms. The molecule has 0 atom stereocenters. The van der Waals surface area contributed by atoms with Crippen LogP contribution in [0, 0.1) is 6.92 Å². The number of aromatic nitrogens is 2. The van der Waals surface area contributed by atoms with Gasteiger partial charge >= 0.3 is 0 Å². The van der Waals surface area contributed by atoms with Gasteiger partial charge in [0.1, 0.15) is 11.5 Å². The topological polar surface area (TPSA) is 49.3 Å². The Morgan fingerprint density at radius 3 is 2.56 bits per heavy atom. The lowest BCUT2D eigenvalue weighted by molar-refractivity contribution is 0.0980. The molecule has 5 nitrogen and oxygen atoms in total. The van der Waals surface area contributed by atoms with Gasteiger partial charge in [-0.15, -0.1) is 0 Å². The summed E-state index contributed by atoms with van der Waals surface area (Å²) in [4.78, 5) is 25.8. The highest BCUT2D eigenvalue weighted by Crippen LogP contribution is 2.19. The average molecular weight is 334 g/mol. The van der Waals surface area contributed by atoms with Gasteiger partial charge in [0.05, 0.1) is 5.52 Å². The molecule has 0 radical (unpaired) electrons. The Labute approximate surface area is 147 Å². The third-order valence-corrected chi connectivity index (χ3v) is 4.08. The molecule has 2 aromatic heterocycles. The molecule has 0 fully saturated rings. The predicted molar refractivity (Wildman–Crippen MR) is 101 cm³/mol. The normalized spacial score (nSPS) is 11.0. The summed E-state index contributed by atoms with van der Waals surface area (Å²) in [6.45, 7) is 3.30. The van der Waals surface area contributed by atoms with Crippen molar-refractivity contribution in [1.82, 2.24) is 14.9 Å². The van der Waals surface area contributed by atoms with E-state index >= 15 is 0 Å². The summed E-state index contributed by atoms with van der Waals surface area (Å²) < 4.78 is 0. The minimum absolute atomic E-state index is 0.134. The van der Waals surface area contributed by atoms with Crippen LogP contribution in [-0.4, -0.2) is 48.0 Å². The first-order chi connectivity index (χ1) is 12.1. The van der Waals surface area contributed by atoms with Crippen LogP contribution in [0.3, 0.4) is 0 Å². The number of hydrogen-bond acceptors (Lipinski definition) is 4. The van der Waals surface area contributed by atoms with Gasteiger partial charge in [-0.1, -0.05) is 30.3 Å². The average Bonchev–Trinajstić information content (AvgIpc) is 2.62. The number of hydrogen-bond donors (Lipinski definition) is 0. The molecule has 0 saturated carbocycles. The van der Waals surface area contributed by atoms with E-state index in [1.54, 1.807) is 17.2 Å². The van der Waals surface area contributed by atoms with E-state index in [0.717, 1.165) is 23.0 Å². The summed E-state index contributed by atoms with van der Waals surface area (Å²) >= 11 is 0. The van der Waals surface area contributed by atoms with Gasteiger partial charge in [-0.2, -0.15) is 0 Å². The number of para-hydroxylation sites is 1. The zero-order chi connectivity index (χ0) is 17.8. The van der Waals surface area contributed by atoms with Crippen LogP contribution in [0.4, 0.5) is 5.82 Å². The molecule has 0 N–H and O–H groups in total. The Kier molecular flexibility index (Phi) is 5.05. The van der Waals surface area contributed by atoms with Crippen LogP contribution < -0.4 is 4.90 Å². The second-order valence-electron chi connectivity index (χ2n) is 6.29. The lowest BCUT2D eigenvalue weighted by atomic mass is 10.1. The second-order valence-corrected chi connectivity index (χ2v) is 6.29. The highest BCUT2D eigenvalue weighted by Gasteiger charge is 2.20.